The molecule has 0 fully saturated rings. The monoisotopic (exact) mass is 450 g/mol. The molecule has 1 N–H and O–H groups in total. The van der Waals surface area contributed by atoms with Gasteiger partial charge in [0.2, 0.25) is 0 Å². The van der Waals surface area contributed by atoms with Gasteiger partial charge in [0.1, 0.15) is 0 Å². The molecule has 4 aromatic rings. The van der Waals surface area contributed by atoms with Gasteiger partial charge in [-0.25, -0.2) is 0 Å². The molecule has 0 spiro atoms. The van der Waals surface area contributed by atoms with Crippen LogP contribution in [0.1, 0.15) is 31.4 Å². The average molecular weight is 451 g/mol. The van der Waals surface area contributed by atoms with E-state index >= 15 is 0 Å². The normalized spacial score (nSPS) is 17.7. The Morgan fingerprint density at radius 1 is 0.909 bits per heavy atom. The minimum absolute atomic E-state index is 0.0112. The molecule has 2 nitrogen and oxygen atoms in total. The van der Waals surface area contributed by atoms with Crippen molar-refractivity contribution < 1.29 is 0 Å². The van der Waals surface area contributed by atoms with Gasteiger partial charge in [-0.05, 0) is 46.7 Å². The number of nitrogens with zero attached hydrogens (tertiary/aromatic N) is 1. The Balaban J connectivity index is 1.76. The van der Waals surface area contributed by atoms with Gasteiger partial charge in [-0.15, -0.1) is 0 Å². The summed E-state index contributed by atoms with van der Waals surface area (Å²) >= 11 is 4.59. The van der Waals surface area contributed by atoms with E-state index in [9.17, 15) is 0 Å². The van der Waals surface area contributed by atoms with E-state index in [0.717, 1.165) is 18.7 Å². The van der Waals surface area contributed by atoms with Crippen LogP contribution in [0.3, 0.4) is 0 Å². The van der Waals surface area contributed by atoms with Crippen LogP contribution >= 0.6 is 12.6 Å². The number of aromatic nitrogens is 1. The highest BCUT2D eigenvalue weighted by atomic mass is 32.1. The third-order valence-corrected chi connectivity index (χ3v) is 6.82. The minimum Gasteiger partial charge on any atom is -0.361 e. The summed E-state index contributed by atoms with van der Waals surface area (Å²) in [5.74, 6) is 0.788. The summed E-state index contributed by atoms with van der Waals surface area (Å²) in [7, 11) is 0. The van der Waals surface area contributed by atoms with Crippen LogP contribution in [0.2, 0.25) is 0 Å². The number of para-hydroxylation sites is 2. The molecule has 5 rings (SSSR count). The number of rotatable bonds is 4. The lowest BCUT2D eigenvalue weighted by Crippen LogP contribution is -2.17. The van der Waals surface area contributed by atoms with Crippen LogP contribution in [0.25, 0.3) is 27.7 Å². The first-order chi connectivity index (χ1) is 16.1. The summed E-state index contributed by atoms with van der Waals surface area (Å²) in [6.45, 7) is 5.52. The first-order valence-electron chi connectivity index (χ1n) is 11.6. The largest absolute Gasteiger partial charge is 0.361 e. The van der Waals surface area contributed by atoms with Gasteiger partial charge in [0.15, 0.2) is 0 Å². The zero-order valence-corrected chi connectivity index (χ0v) is 20.1. The van der Waals surface area contributed by atoms with E-state index in [1.807, 2.05) is 0 Å². The lowest BCUT2D eigenvalue weighted by Gasteiger charge is -2.26. The summed E-state index contributed by atoms with van der Waals surface area (Å²) in [5, 5.41) is 4.84. The zero-order chi connectivity index (χ0) is 22.8. The second-order valence-corrected chi connectivity index (χ2v) is 9.70. The van der Waals surface area contributed by atoms with E-state index in [2.05, 4.69) is 134 Å². The molecule has 0 saturated heterocycles. The van der Waals surface area contributed by atoms with Crippen LogP contribution in [-0.4, -0.2) is 10.3 Å². The van der Waals surface area contributed by atoms with Gasteiger partial charge in [0, 0.05) is 40.7 Å². The van der Waals surface area contributed by atoms with Crippen LogP contribution < -0.4 is 5.32 Å². The van der Waals surface area contributed by atoms with Crippen molar-refractivity contribution in [2.45, 2.75) is 32.2 Å². The van der Waals surface area contributed by atoms with E-state index in [-0.39, 0.29) is 5.41 Å². The number of fused-ring (bicyclic) bond motifs is 2. The molecule has 0 atom stereocenters. The number of hydrogen-bond donors (Lipinski definition) is 2. The molecular weight excluding hydrogens is 420 g/mol. The van der Waals surface area contributed by atoms with Crippen molar-refractivity contribution in [2.75, 3.05) is 11.1 Å². The molecule has 0 unspecified atom stereocenters. The van der Waals surface area contributed by atoms with Crippen molar-refractivity contribution in [3.05, 3.63) is 108 Å². The van der Waals surface area contributed by atoms with E-state index in [1.165, 1.54) is 44.5 Å². The lowest BCUT2D eigenvalue weighted by molar-refractivity contribution is 0.536. The number of aryl methyl sites for hydroxylation is 1. The third-order valence-electron chi connectivity index (χ3n) is 6.62. The zero-order valence-electron chi connectivity index (χ0n) is 19.3. The molecule has 33 heavy (non-hydrogen) atoms. The van der Waals surface area contributed by atoms with Crippen molar-refractivity contribution in [3.8, 4) is 11.3 Å². The van der Waals surface area contributed by atoms with Crippen LogP contribution in [0.4, 0.5) is 5.69 Å². The number of anilines is 1. The second-order valence-electron chi connectivity index (χ2n) is 9.25. The van der Waals surface area contributed by atoms with E-state index in [1.54, 1.807) is 0 Å². The van der Waals surface area contributed by atoms with Gasteiger partial charge >= 0.3 is 0 Å². The predicted octanol–water partition coefficient (Wildman–Crippen LogP) is 7.93. The van der Waals surface area contributed by atoms with Gasteiger partial charge < -0.3 is 9.88 Å². The molecule has 166 valence electrons. The maximum absolute atomic E-state index is 4.59. The van der Waals surface area contributed by atoms with Gasteiger partial charge in [0.25, 0.3) is 0 Å². The fraction of sp³-hybridized carbons (Fsp3) is 0.200. The molecule has 0 aliphatic carbocycles. The van der Waals surface area contributed by atoms with Crippen molar-refractivity contribution in [2.24, 2.45) is 0 Å². The molecule has 0 bridgehead atoms. The Kier molecular flexibility index (Phi) is 5.90. The summed E-state index contributed by atoms with van der Waals surface area (Å²) in [5.41, 5.74) is 8.81. The molecule has 0 amide bonds. The van der Waals surface area contributed by atoms with E-state index in [4.69, 9.17) is 0 Å². The Hall–Kier alpha value is -3.17. The van der Waals surface area contributed by atoms with Gasteiger partial charge in [-0.3, -0.25) is 0 Å². The lowest BCUT2D eigenvalue weighted by atomic mass is 9.80. The first-order valence-corrected chi connectivity index (χ1v) is 12.2. The highest BCUT2D eigenvalue weighted by Gasteiger charge is 2.25. The topological polar surface area (TPSA) is 17.0 Å². The second kappa shape index (κ2) is 8.99. The molecule has 0 saturated carbocycles. The van der Waals surface area contributed by atoms with Crippen molar-refractivity contribution in [1.82, 2.24) is 4.57 Å². The molecular formula is C30H30N2S. The van der Waals surface area contributed by atoms with E-state index in [0.29, 0.717) is 0 Å². The summed E-state index contributed by atoms with van der Waals surface area (Å²) in [6, 6.07) is 28.1. The molecule has 0 radical (unpaired) electrons. The van der Waals surface area contributed by atoms with Crippen molar-refractivity contribution >= 4 is 34.8 Å². The molecule has 1 aliphatic rings. The quantitative estimate of drug-likeness (QED) is 0.302. The van der Waals surface area contributed by atoms with E-state index < -0.39 is 0 Å². The van der Waals surface area contributed by atoms with Crippen molar-refractivity contribution in [3.63, 3.8) is 0 Å². The standard InChI is InChI=1S/C30H30N2S/c1-30(2)18-16-22(17-19-31-26-14-8-7-13-25(26)30)28-24-12-6-9-15-27(24)32(20-21-33)29(28)23-10-4-3-5-11-23/h3-17,19,31,33H,18,20-21H2,1-2H3/b19-17-,22-16+. The Labute approximate surface area is 202 Å². The number of hydrogen-bond acceptors (Lipinski definition) is 2. The number of benzene rings is 3. The van der Waals surface area contributed by atoms with Crippen LogP contribution in [0.15, 0.2) is 97.2 Å². The van der Waals surface area contributed by atoms with Crippen LogP contribution in [-0.2, 0) is 12.0 Å². The maximum Gasteiger partial charge on any atom is 0.0571 e. The smallest absolute Gasteiger partial charge is 0.0571 e. The molecule has 1 aromatic heterocycles. The van der Waals surface area contributed by atoms with Gasteiger partial charge in [0.05, 0.1) is 5.69 Å². The number of thiol groups is 1. The van der Waals surface area contributed by atoms with Gasteiger partial charge in [-0.1, -0.05) is 86.7 Å². The summed E-state index contributed by atoms with van der Waals surface area (Å²) in [4.78, 5) is 0. The fourth-order valence-corrected chi connectivity index (χ4v) is 5.17. The maximum atomic E-state index is 4.59. The van der Waals surface area contributed by atoms with Crippen molar-refractivity contribution in [1.29, 1.82) is 0 Å². The number of nitrogens with one attached hydrogen (secondary N) is 1. The Bertz CT molecular complexity index is 1340. The molecule has 3 heteroatoms. The highest BCUT2D eigenvalue weighted by molar-refractivity contribution is 7.80. The Morgan fingerprint density at radius 3 is 2.45 bits per heavy atom. The predicted molar refractivity (Wildman–Crippen MR) is 146 cm³/mol. The van der Waals surface area contributed by atoms with Crippen LogP contribution in [0, 0.1) is 0 Å². The minimum atomic E-state index is 0.0112. The SMILES string of the molecule is CC1(C)C/C=C(c2c(-c3ccccc3)n(CCS)c3ccccc23)\C=C/Nc2ccccc21. The molecule has 2 heterocycles. The van der Waals surface area contributed by atoms with Gasteiger partial charge in [-0.2, -0.15) is 12.6 Å². The first kappa shape index (κ1) is 21.7. The van der Waals surface area contributed by atoms with Crippen LogP contribution in [0.5, 0.6) is 0 Å². The number of allylic oxidation sites excluding steroid dienone is 3. The summed E-state index contributed by atoms with van der Waals surface area (Å²) in [6.07, 6.45) is 7.69. The molecule has 3 aromatic carbocycles. The highest BCUT2D eigenvalue weighted by Crippen LogP contribution is 2.41. The summed E-state index contributed by atoms with van der Waals surface area (Å²) < 4.78 is 2.43. The fourth-order valence-electron chi connectivity index (χ4n) is 4.97. The molecule has 1 aliphatic heterocycles. The third kappa shape index (κ3) is 4.02. The Morgan fingerprint density at radius 2 is 1.64 bits per heavy atom. The average Bonchev–Trinajstić information content (AvgIpc) is 3.18.